The molecular formula is C22H39N3O2. The van der Waals surface area contributed by atoms with E-state index in [9.17, 15) is 9.90 Å². The third kappa shape index (κ3) is 9.87. The van der Waals surface area contributed by atoms with Crippen LogP contribution in [-0.2, 0) is 4.79 Å². The normalized spacial score (nSPS) is 19.1. The molecule has 1 atom stereocenters. The molecule has 0 bridgehead atoms. The van der Waals surface area contributed by atoms with Gasteiger partial charge in [-0.15, -0.1) is 0 Å². The summed E-state index contributed by atoms with van der Waals surface area (Å²) in [6.45, 7) is 3.11. The van der Waals surface area contributed by atoms with E-state index >= 15 is 0 Å². The van der Waals surface area contributed by atoms with Crippen LogP contribution in [0.3, 0.4) is 0 Å². The Kier molecular flexibility index (Phi) is 12.7. The molecule has 27 heavy (non-hydrogen) atoms. The van der Waals surface area contributed by atoms with Crippen LogP contribution >= 0.6 is 0 Å². The summed E-state index contributed by atoms with van der Waals surface area (Å²) in [6.07, 6.45) is 22.8. The highest BCUT2D eigenvalue weighted by atomic mass is 16.4. The molecule has 1 aliphatic rings. The van der Waals surface area contributed by atoms with Crippen molar-refractivity contribution in [3.8, 4) is 0 Å². The first-order chi connectivity index (χ1) is 13.1. The molecule has 0 aromatic heterocycles. The molecule has 1 rings (SSSR count). The molecule has 0 spiro atoms. The number of carboxylic acid groups (broad SMARTS) is 1. The number of allylic oxidation sites excluding steroid dienone is 2. The molecule has 0 aromatic rings. The fourth-order valence-corrected chi connectivity index (χ4v) is 3.69. The fourth-order valence-electron chi connectivity index (χ4n) is 3.69. The summed E-state index contributed by atoms with van der Waals surface area (Å²) in [5.74, 6) is -0.133. The summed E-state index contributed by atoms with van der Waals surface area (Å²) in [5.41, 5.74) is 5.68. The van der Waals surface area contributed by atoms with Crippen LogP contribution in [0.15, 0.2) is 29.5 Å². The van der Waals surface area contributed by atoms with Gasteiger partial charge in [-0.3, -0.25) is 0 Å². The van der Waals surface area contributed by atoms with Crippen molar-refractivity contribution >= 4 is 11.8 Å². The molecule has 1 aliphatic heterocycles. The Morgan fingerprint density at radius 2 is 1.70 bits per heavy atom. The maximum absolute atomic E-state index is 11.1. The minimum Gasteiger partial charge on any atom is -0.544 e. The smallest absolute Gasteiger partial charge is 0.207 e. The number of carbonyl (C=O) groups is 1. The van der Waals surface area contributed by atoms with Crippen molar-refractivity contribution in [2.75, 3.05) is 19.6 Å². The zero-order valence-electron chi connectivity index (χ0n) is 17.2. The molecule has 0 saturated heterocycles. The van der Waals surface area contributed by atoms with Crippen molar-refractivity contribution in [3.05, 3.63) is 24.6 Å². The van der Waals surface area contributed by atoms with Gasteiger partial charge in [0, 0.05) is 13.0 Å². The quantitative estimate of drug-likeness (QED) is 0.239. The van der Waals surface area contributed by atoms with Gasteiger partial charge in [-0.1, -0.05) is 64.0 Å². The number of nitrogens with two attached hydrogens (primary N) is 1. The molecule has 1 heterocycles. The molecular weight excluding hydrogens is 338 g/mol. The number of amidine groups is 1. The SMILES string of the molecule is CC/C=C/CCCCCCCCCCCC1=NC=C[N+]1(CCN)CC(=O)[O-]. The summed E-state index contributed by atoms with van der Waals surface area (Å²) < 4.78 is 0.242. The Balaban J connectivity index is 2.07. The minimum atomic E-state index is -1.05. The van der Waals surface area contributed by atoms with Crippen molar-refractivity contribution in [1.29, 1.82) is 0 Å². The molecule has 0 amide bonds. The van der Waals surface area contributed by atoms with E-state index < -0.39 is 5.97 Å². The molecule has 154 valence electrons. The lowest BCUT2D eigenvalue weighted by molar-refractivity contribution is -0.780. The zero-order chi connectivity index (χ0) is 19.8. The van der Waals surface area contributed by atoms with Crippen LogP contribution in [0, 0.1) is 0 Å². The summed E-state index contributed by atoms with van der Waals surface area (Å²) in [7, 11) is 0. The van der Waals surface area contributed by atoms with Crippen LogP contribution in [0.1, 0.15) is 84.0 Å². The van der Waals surface area contributed by atoms with Gasteiger partial charge in [0.1, 0.15) is 19.3 Å². The first kappa shape index (κ1) is 23.6. The predicted molar refractivity (Wildman–Crippen MR) is 111 cm³/mol. The Morgan fingerprint density at radius 1 is 1.07 bits per heavy atom. The topological polar surface area (TPSA) is 78.5 Å². The highest BCUT2D eigenvalue weighted by Crippen LogP contribution is 2.21. The number of carbonyl (C=O) groups excluding carboxylic acids is 1. The lowest BCUT2D eigenvalue weighted by Gasteiger charge is -2.32. The average molecular weight is 378 g/mol. The van der Waals surface area contributed by atoms with Gasteiger partial charge in [-0.2, -0.15) is 0 Å². The van der Waals surface area contributed by atoms with Gasteiger partial charge < -0.3 is 15.6 Å². The zero-order valence-corrected chi connectivity index (χ0v) is 17.2. The second-order valence-electron chi connectivity index (χ2n) is 7.52. The van der Waals surface area contributed by atoms with Crippen LogP contribution in [0.25, 0.3) is 0 Å². The van der Waals surface area contributed by atoms with E-state index in [1.807, 2.05) is 6.20 Å². The summed E-state index contributed by atoms with van der Waals surface area (Å²) >= 11 is 0. The molecule has 0 radical (unpaired) electrons. The van der Waals surface area contributed by atoms with Crippen LogP contribution in [0.2, 0.25) is 0 Å². The number of hydrogen-bond acceptors (Lipinski definition) is 4. The number of aliphatic carboxylic acids is 1. The monoisotopic (exact) mass is 377 g/mol. The third-order valence-corrected chi connectivity index (χ3v) is 5.20. The van der Waals surface area contributed by atoms with Crippen molar-refractivity contribution in [1.82, 2.24) is 0 Å². The largest absolute Gasteiger partial charge is 0.544 e. The average Bonchev–Trinajstić information content (AvgIpc) is 3.00. The summed E-state index contributed by atoms with van der Waals surface area (Å²) in [4.78, 5) is 15.5. The Bertz CT molecular complexity index is 500. The molecule has 5 heteroatoms. The maximum atomic E-state index is 11.1. The van der Waals surface area contributed by atoms with Gasteiger partial charge in [0.2, 0.25) is 5.84 Å². The standard InChI is InChI=1S/C22H39N3O2/c1-2-3-4-5-6-7-8-9-10-11-12-13-14-15-21-24-17-19-25(21,18-16-23)20-22(26)27/h3-4,17,19H,2,5-16,18,20,23H2,1H3/b4-3+. The number of quaternary nitrogens is 1. The molecule has 1 unspecified atom stereocenters. The number of rotatable bonds is 17. The van der Waals surface area contributed by atoms with E-state index in [4.69, 9.17) is 5.73 Å². The van der Waals surface area contributed by atoms with Gasteiger partial charge in [-0.25, -0.2) is 9.48 Å². The van der Waals surface area contributed by atoms with Crippen molar-refractivity contribution in [2.24, 2.45) is 10.7 Å². The van der Waals surface area contributed by atoms with Crippen molar-refractivity contribution < 1.29 is 14.4 Å². The van der Waals surface area contributed by atoms with E-state index in [1.165, 1.54) is 57.8 Å². The minimum absolute atomic E-state index is 0.0687. The molecule has 2 N–H and O–H groups in total. The molecule has 5 nitrogen and oxygen atoms in total. The predicted octanol–water partition coefficient (Wildman–Crippen LogP) is 3.65. The van der Waals surface area contributed by atoms with E-state index in [2.05, 4.69) is 24.1 Å². The number of unbranched alkanes of at least 4 members (excludes halogenated alkanes) is 9. The second-order valence-corrected chi connectivity index (χ2v) is 7.52. The number of aliphatic imine (C=N–C) groups is 1. The Labute approximate surface area is 165 Å². The third-order valence-electron chi connectivity index (χ3n) is 5.20. The molecule has 0 fully saturated rings. The van der Waals surface area contributed by atoms with Gasteiger partial charge >= 0.3 is 0 Å². The lowest BCUT2D eigenvalue weighted by atomic mass is 10.0. The summed E-state index contributed by atoms with van der Waals surface area (Å²) in [5, 5.41) is 11.1. The van der Waals surface area contributed by atoms with E-state index in [0.29, 0.717) is 13.1 Å². The lowest BCUT2D eigenvalue weighted by Crippen LogP contribution is -2.55. The fraction of sp³-hybridized carbons (Fsp3) is 0.727. The van der Waals surface area contributed by atoms with Crippen molar-refractivity contribution in [2.45, 2.75) is 84.0 Å². The number of hydrogen-bond donors (Lipinski definition) is 1. The van der Waals surface area contributed by atoms with E-state index in [1.54, 1.807) is 6.20 Å². The summed E-state index contributed by atoms with van der Waals surface area (Å²) in [6, 6.07) is 0. The van der Waals surface area contributed by atoms with Gasteiger partial charge in [0.15, 0.2) is 0 Å². The van der Waals surface area contributed by atoms with Crippen LogP contribution in [0.5, 0.6) is 0 Å². The van der Waals surface area contributed by atoms with Gasteiger partial charge in [0.25, 0.3) is 0 Å². The number of nitrogens with zero attached hydrogens (tertiary/aromatic N) is 2. The maximum Gasteiger partial charge on any atom is 0.207 e. The Morgan fingerprint density at radius 3 is 2.30 bits per heavy atom. The number of carboxylic acids is 1. The molecule has 0 saturated carbocycles. The second kappa shape index (κ2) is 14.6. The van der Waals surface area contributed by atoms with Crippen molar-refractivity contribution in [3.63, 3.8) is 0 Å². The van der Waals surface area contributed by atoms with Crippen LogP contribution < -0.4 is 10.8 Å². The van der Waals surface area contributed by atoms with Crippen LogP contribution in [-0.4, -0.2) is 35.9 Å². The first-order valence-corrected chi connectivity index (χ1v) is 10.8. The Hall–Kier alpha value is -1.46. The van der Waals surface area contributed by atoms with Crippen LogP contribution in [0.4, 0.5) is 0 Å². The highest BCUT2D eigenvalue weighted by Gasteiger charge is 2.34. The first-order valence-electron chi connectivity index (χ1n) is 10.8. The van der Waals surface area contributed by atoms with E-state index in [0.717, 1.165) is 25.1 Å². The van der Waals surface area contributed by atoms with E-state index in [-0.39, 0.29) is 11.0 Å². The van der Waals surface area contributed by atoms with Gasteiger partial charge in [-0.05, 0) is 25.7 Å². The molecule has 0 aromatic carbocycles. The highest BCUT2D eigenvalue weighted by molar-refractivity contribution is 5.80. The molecule has 0 aliphatic carbocycles. The van der Waals surface area contributed by atoms with Gasteiger partial charge in [0.05, 0.1) is 12.2 Å².